The number of aromatic hydroxyl groups is 1. The third-order valence-electron chi connectivity index (χ3n) is 3.41. The van der Waals surface area contributed by atoms with Crippen molar-refractivity contribution in [1.29, 1.82) is 0 Å². The molecule has 0 heterocycles. The molecule has 0 aliphatic rings. The van der Waals surface area contributed by atoms with Crippen LogP contribution in [-0.4, -0.2) is 26.1 Å². The summed E-state index contributed by atoms with van der Waals surface area (Å²) in [6.45, 7) is 2.31. The molecule has 0 aliphatic heterocycles. The van der Waals surface area contributed by atoms with Gasteiger partial charge in [-0.05, 0) is 42.8 Å². The Balaban J connectivity index is 2.17. The third kappa shape index (κ3) is 5.22. The quantitative estimate of drug-likeness (QED) is 0.438. The minimum absolute atomic E-state index is 0.0429. The van der Waals surface area contributed by atoms with Gasteiger partial charge in [0.15, 0.2) is 5.75 Å². The van der Waals surface area contributed by atoms with Crippen LogP contribution in [0.2, 0.25) is 0 Å². The number of ether oxygens (including phenoxy) is 1. The predicted octanol–water partition coefficient (Wildman–Crippen LogP) is 3.51. The maximum atomic E-state index is 12.3. The number of phenols is 1. The van der Waals surface area contributed by atoms with Gasteiger partial charge >= 0.3 is 16.1 Å². The molecule has 0 aliphatic carbocycles. The minimum atomic E-state index is -4.13. The zero-order chi connectivity index (χ0) is 18.3. The highest BCUT2D eigenvalue weighted by molar-refractivity contribution is 7.87. The zero-order valence-electron chi connectivity index (χ0n) is 13.8. The second kappa shape index (κ2) is 8.53. The molecule has 1 N–H and O–H groups in total. The van der Waals surface area contributed by atoms with Gasteiger partial charge in [-0.2, -0.15) is 8.42 Å². The van der Waals surface area contributed by atoms with Gasteiger partial charge in [0.2, 0.25) is 0 Å². The lowest BCUT2D eigenvalue weighted by atomic mass is 10.2. The molecule has 0 fully saturated rings. The van der Waals surface area contributed by atoms with Crippen LogP contribution < -0.4 is 4.18 Å². The summed E-state index contributed by atoms with van der Waals surface area (Å²) in [6.07, 6.45) is 2.69. The summed E-state index contributed by atoms with van der Waals surface area (Å²) in [5, 5.41) is 9.25. The number of esters is 1. The Morgan fingerprint density at radius 3 is 2.40 bits per heavy atom. The average molecular weight is 364 g/mol. The molecule has 0 saturated heterocycles. The van der Waals surface area contributed by atoms with E-state index in [1.807, 2.05) is 6.92 Å². The van der Waals surface area contributed by atoms with E-state index in [1.54, 1.807) is 12.1 Å². The van der Waals surface area contributed by atoms with Crippen LogP contribution in [0.15, 0.2) is 53.4 Å². The Hall–Kier alpha value is -2.54. The Labute approximate surface area is 147 Å². The van der Waals surface area contributed by atoms with Crippen molar-refractivity contribution < 1.29 is 27.2 Å². The number of phenolic OH excluding ortho intramolecular Hbond substituents is 1. The normalized spacial score (nSPS) is 11.1. The van der Waals surface area contributed by atoms with E-state index in [-0.39, 0.29) is 28.6 Å². The number of para-hydroxylation sites is 1. The third-order valence-corrected chi connectivity index (χ3v) is 4.66. The van der Waals surface area contributed by atoms with Gasteiger partial charge in [-0.3, -0.25) is 0 Å². The molecule has 0 amide bonds. The number of unbranched alkanes of at least 4 members (excludes halogenated alkanes) is 2. The summed E-state index contributed by atoms with van der Waals surface area (Å²) in [6, 6.07) is 10.9. The molecule has 2 aromatic rings. The summed E-state index contributed by atoms with van der Waals surface area (Å²) in [4.78, 5) is 12.0. The fourth-order valence-electron chi connectivity index (χ4n) is 2.08. The van der Waals surface area contributed by atoms with Crippen molar-refractivity contribution in [3.63, 3.8) is 0 Å². The van der Waals surface area contributed by atoms with Crippen molar-refractivity contribution in [2.45, 2.75) is 31.1 Å². The monoisotopic (exact) mass is 364 g/mol. The molecule has 2 aromatic carbocycles. The Bertz CT molecular complexity index is 812. The van der Waals surface area contributed by atoms with Crippen LogP contribution in [0.25, 0.3) is 0 Å². The van der Waals surface area contributed by atoms with Gasteiger partial charge in [0, 0.05) is 0 Å². The Kier molecular flexibility index (Phi) is 6.41. The predicted molar refractivity (Wildman–Crippen MR) is 92.2 cm³/mol. The molecule has 6 nitrogen and oxygen atoms in total. The maximum Gasteiger partial charge on any atom is 0.341 e. The van der Waals surface area contributed by atoms with E-state index >= 15 is 0 Å². The topological polar surface area (TPSA) is 89.9 Å². The van der Waals surface area contributed by atoms with E-state index in [1.165, 1.54) is 36.4 Å². The molecule has 0 saturated carbocycles. The van der Waals surface area contributed by atoms with E-state index < -0.39 is 16.1 Å². The number of hydrogen-bond acceptors (Lipinski definition) is 6. The molecule has 2 rings (SSSR count). The van der Waals surface area contributed by atoms with E-state index in [0.717, 1.165) is 19.3 Å². The van der Waals surface area contributed by atoms with Gasteiger partial charge in [0.1, 0.15) is 16.2 Å². The lowest BCUT2D eigenvalue weighted by Gasteiger charge is -2.11. The number of carbonyl (C=O) groups is 1. The van der Waals surface area contributed by atoms with E-state index in [0.29, 0.717) is 0 Å². The Morgan fingerprint density at radius 1 is 1.04 bits per heavy atom. The first kappa shape index (κ1) is 18.8. The molecular formula is C18H20O6S. The highest BCUT2D eigenvalue weighted by Crippen LogP contribution is 2.24. The van der Waals surface area contributed by atoms with Crippen molar-refractivity contribution in [2.24, 2.45) is 0 Å². The van der Waals surface area contributed by atoms with Gasteiger partial charge in [-0.15, -0.1) is 0 Å². The largest absolute Gasteiger partial charge is 0.508 e. The summed E-state index contributed by atoms with van der Waals surface area (Å²) >= 11 is 0. The van der Waals surface area contributed by atoms with Crippen LogP contribution >= 0.6 is 0 Å². The highest BCUT2D eigenvalue weighted by Gasteiger charge is 2.21. The number of hydrogen-bond donors (Lipinski definition) is 1. The lowest BCUT2D eigenvalue weighted by Crippen LogP contribution is -2.14. The van der Waals surface area contributed by atoms with Gasteiger partial charge < -0.3 is 14.0 Å². The van der Waals surface area contributed by atoms with E-state index in [4.69, 9.17) is 8.92 Å². The summed E-state index contributed by atoms with van der Waals surface area (Å²) in [5.41, 5.74) is 0.0429. The smallest absolute Gasteiger partial charge is 0.341 e. The van der Waals surface area contributed by atoms with Crippen molar-refractivity contribution >= 4 is 16.1 Å². The average Bonchev–Trinajstić information content (AvgIpc) is 2.59. The van der Waals surface area contributed by atoms with Crippen molar-refractivity contribution in [3.05, 3.63) is 54.1 Å². The fourth-order valence-corrected chi connectivity index (χ4v) is 3.03. The first-order valence-electron chi connectivity index (χ1n) is 7.93. The van der Waals surface area contributed by atoms with Crippen LogP contribution in [0.5, 0.6) is 11.5 Å². The molecule has 0 spiro atoms. The summed E-state index contributed by atoms with van der Waals surface area (Å²) < 4.78 is 34.9. The molecular weight excluding hydrogens is 344 g/mol. The molecule has 7 heteroatoms. The van der Waals surface area contributed by atoms with Gasteiger partial charge in [-0.1, -0.05) is 31.9 Å². The van der Waals surface area contributed by atoms with E-state index in [9.17, 15) is 18.3 Å². The van der Waals surface area contributed by atoms with Crippen molar-refractivity contribution in [3.8, 4) is 11.5 Å². The minimum Gasteiger partial charge on any atom is -0.508 e. The van der Waals surface area contributed by atoms with E-state index in [2.05, 4.69) is 0 Å². The first-order valence-corrected chi connectivity index (χ1v) is 9.34. The molecule has 0 unspecified atom stereocenters. The van der Waals surface area contributed by atoms with Gasteiger partial charge in [-0.25, -0.2) is 4.79 Å². The number of rotatable bonds is 8. The molecule has 134 valence electrons. The summed E-state index contributed by atoms with van der Waals surface area (Å²) in [5.74, 6) is -0.793. The highest BCUT2D eigenvalue weighted by atomic mass is 32.2. The van der Waals surface area contributed by atoms with Crippen LogP contribution in [0, 0.1) is 0 Å². The second-order valence-electron chi connectivity index (χ2n) is 5.37. The standard InChI is InChI=1S/C18H20O6S/c1-2-3-6-13-23-18(20)16-7-4-5-8-17(16)24-25(21,22)15-11-9-14(19)10-12-15/h4-5,7-12,19H,2-3,6,13H2,1H3. The van der Waals surface area contributed by atoms with Crippen LogP contribution in [0.4, 0.5) is 0 Å². The Morgan fingerprint density at radius 2 is 1.72 bits per heavy atom. The molecule has 25 heavy (non-hydrogen) atoms. The fraction of sp³-hybridized carbons (Fsp3) is 0.278. The molecule has 0 atom stereocenters. The van der Waals surface area contributed by atoms with Crippen LogP contribution in [0.3, 0.4) is 0 Å². The SMILES string of the molecule is CCCCCOC(=O)c1ccccc1OS(=O)(=O)c1ccc(O)cc1. The van der Waals surface area contributed by atoms with Crippen molar-refractivity contribution in [1.82, 2.24) is 0 Å². The first-order chi connectivity index (χ1) is 11.9. The number of carbonyl (C=O) groups excluding carboxylic acids is 1. The molecule has 0 aromatic heterocycles. The van der Waals surface area contributed by atoms with Crippen LogP contribution in [0.1, 0.15) is 36.5 Å². The maximum absolute atomic E-state index is 12.3. The molecule has 0 bridgehead atoms. The molecule has 0 radical (unpaired) electrons. The summed E-state index contributed by atoms with van der Waals surface area (Å²) in [7, 11) is -4.13. The number of benzene rings is 2. The van der Waals surface area contributed by atoms with Gasteiger partial charge in [0.05, 0.1) is 6.61 Å². The lowest BCUT2D eigenvalue weighted by molar-refractivity contribution is 0.0496. The van der Waals surface area contributed by atoms with Crippen molar-refractivity contribution in [2.75, 3.05) is 6.61 Å². The zero-order valence-corrected chi connectivity index (χ0v) is 14.7. The van der Waals surface area contributed by atoms with Crippen LogP contribution in [-0.2, 0) is 14.9 Å². The van der Waals surface area contributed by atoms with Gasteiger partial charge in [0.25, 0.3) is 0 Å². The second-order valence-corrected chi connectivity index (χ2v) is 6.92.